The van der Waals surface area contributed by atoms with Crippen molar-refractivity contribution in [2.24, 2.45) is 0 Å². The van der Waals surface area contributed by atoms with Crippen LogP contribution in [0.4, 0.5) is 23.7 Å². The number of ether oxygens (including phenoxy) is 2. The molecule has 0 bridgehead atoms. The molecule has 0 aliphatic heterocycles. The number of hydrogen-bond donors (Lipinski definition) is 4. The van der Waals surface area contributed by atoms with Crippen LogP contribution in [0.25, 0.3) is 0 Å². The van der Waals surface area contributed by atoms with Gasteiger partial charge in [0.05, 0.1) is 11.3 Å². The number of amides is 3. The maximum Gasteiger partial charge on any atom is 0.416 e. The molecule has 0 atom stereocenters. The first-order valence-corrected chi connectivity index (χ1v) is 11.6. The summed E-state index contributed by atoms with van der Waals surface area (Å²) in [7, 11) is 3.22. The molecule has 0 saturated carbocycles. The minimum atomic E-state index is -4.57. The maximum atomic E-state index is 13.2. The molecule has 202 valence electrons. The van der Waals surface area contributed by atoms with Crippen molar-refractivity contribution in [1.82, 2.24) is 20.9 Å². The van der Waals surface area contributed by atoms with Gasteiger partial charge in [-0.3, -0.25) is 9.78 Å². The lowest BCUT2D eigenvalue weighted by Gasteiger charge is -2.16. The molecule has 0 aliphatic rings. The number of urea groups is 1. The fraction of sp³-hybridized carbons (Fsp3) is 0.269. The summed E-state index contributed by atoms with van der Waals surface area (Å²) in [4.78, 5) is 28.3. The summed E-state index contributed by atoms with van der Waals surface area (Å²) in [6.45, 7) is 2.61. The Labute approximate surface area is 217 Å². The SMILES string of the molecule is CNCCOc1ccc(C(F)(F)F)cc1NC(=O)NCc1ccc(Oc2ccnc(C(=O)NC)c2)c(C)c1. The largest absolute Gasteiger partial charge is 0.490 e. The van der Waals surface area contributed by atoms with Crippen molar-refractivity contribution < 1.29 is 32.2 Å². The predicted octanol–water partition coefficient (Wildman–Crippen LogP) is 4.48. The molecule has 1 heterocycles. The number of halogens is 3. The third-order valence-corrected chi connectivity index (χ3v) is 5.28. The summed E-state index contributed by atoms with van der Waals surface area (Å²) in [5, 5.41) is 10.4. The van der Waals surface area contributed by atoms with Crippen LogP contribution in [0.3, 0.4) is 0 Å². The van der Waals surface area contributed by atoms with Crippen molar-refractivity contribution in [3.8, 4) is 17.2 Å². The zero-order valence-corrected chi connectivity index (χ0v) is 21.0. The molecule has 0 radical (unpaired) electrons. The second-order valence-electron chi connectivity index (χ2n) is 8.13. The van der Waals surface area contributed by atoms with E-state index in [1.54, 1.807) is 31.3 Å². The smallest absolute Gasteiger partial charge is 0.416 e. The summed E-state index contributed by atoms with van der Waals surface area (Å²) in [5.41, 5.74) is 0.714. The normalized spacial score (nSPS) is 11.0. The first kappa shape index (κ1) is 28.3. The predicted molar refractivity (Wildman–Crippen MR) is 136 cm³/mol. The highest BCUT2D eigenvalue weighted by molar-refractivity contribution is 5.92. The standard InChI is InChI=1S/C26H28F3N5O4/c1-16-12-17(4-6-22(16)38-19-8-9-32-21(14-19)24(35)31-3)15-33-25(36)34-20-13-18(26(27,28)29)5-7-23(20)37-11-10-30-2/h4-9,12-14,30H,10-11,15H2,1-3H3,(H,31,35)(H2,33,34,36). The van der Waals surface area contributed by atoms with E-state index in [1.807, 2.05) is 6.92 Å². The summed E-state index contributed by atoms with van der Waals surface area (Å²) >= 11 is 0. The van der Waals surface area contributed by atoms with Gasteiger partial charge in [-0.25, -0.2) is 4.79 Å². The molecule has 1 aromatic heterocycles. The zero-order valence-electron chi connectivity index (χ0n) is 21.0. The summed E-state index contributed by atoms with van der Waals surface area (Å²) in [6, 6.07) is 10.6. The molecule has 0 unspecified atom stereocenters. The quantitative estimate of drug-likeness (QED) is 0.287. The van der Waals surface area contributed by atoms with Gasteiger partial charge < -0.3 is 30.7 Å². The van der Waals surface area contributed by atoms with E-state index in [-0.39, 0.29) is 36.2 Å². The van der Waals surface area contributed by atoms with E-state index in [4.69, 9.17) is 9.47 Å². The Hall–Kier alpha value is -4.32. The average Bonchev–Trinajstić information content (AvgIpc) is 2.89. The summed E-state index contributed by atoms with van der Waals surface area (Å²) < 4.78 is 50.9. The van der Waals surface area contributed by atoms with Gasteiger partial charge in [-0.2, -0.15) is 13.2 Å². The number of pyridine rings is 1. The fourth-order valence-electron chi connectivity index (χ4n) is 3.33. The highest BCUT2D eigenvalue weighted by Crippen LogP contribution is 2.35. The van der Waals surface area contributed by atoms with Crippen LogP contribution in [0.2, 0.25) is 0 Å². The minimum absolute atomic E-state index is 0.0955. The van der Waals surface area contributed by atoms with Crippen LogP contribution in [0.15, 0.2) is 54.7 Å². The maximum absolute atomic E-state index is 13.2. The Morgan fingerprint density at radius 3 is 2.45 bits per heavy atom. The minimum Gasteiger partial charge on any atom is -0.490 e. The van der Waals surface area contributed by atoms with Gasteiger partial charge in [0.1, 0.15) is 29.5 Å². The number of likely N-dealkylation sites (N-methyl/N-ethyl adjacent to an activating group) is 1. The van der Waals surface area contributed by atoms with Crippen LogP contribution in [0, 0.1) is 6.92 Å². The molecule has 0 fully saturated rings. The monoisotopic (exact) mass is 531 g/mol. The van der Waals surface area contributed by atoms with Crippen molar-refractivity contribution in [2.45, 2.75) is 19.6 Å². The highest BCUT2D eigenvalue weighted by atomic mass is 19.4. The van der Waals surface area contributed by atoms with Gasteiger partial charge in [0.25, 0.3) is 5.91 Å². The number of nitrogens with zero attached hydrogens (tertiary/aromatic N) is 1. The van der Waals surface area contributed by atoms with Crippen LogP contribution < -0.4 is 30.7 Å². The van der Waals surface area contributed by atoms with Crippen molar-refractivity contribution in [1.29, 1.82) is 0 Å². The van der Waals surface area contributed by atoms with Crippen LogP contribution >= 0.6 is 0 Å². The first-order valence-electron chi connectivity index (χ1n) is 11.6. The van der Waals surface area contributed by atoms with Gasteiger partial charge in [-0.05, 0) is 55.4 Å². The molecule has 0 aliphatic carbocycles. The summed E-state index contributed by atoms with van der Waals surface area (Å²) in [5.74, 6) is 0.755. The average molecular weight is 532 g/mol. The van der Waals surface area contributed by atoms with Gasteiger partial charge in [0.15, 0.2) is 0 Å². The molecular weight excluding hydrogens is 503 g/mol. The van der Waals surface area contributed by atoms with E-state index in [1.165, 1.54) is 25.4 Å². The van der Waals surface area contributed by atoms with Crippen LogP contribution in [-0.2, 0) is 12.7 Å². The molecule has 38 heavy (non-hydrogen) atoms. The number of carbonyl (C=O) groups excluding carboxylic acids is 2. The Balaban J connectivity index is 1.65. The van der Waals surface area contributed by atoms with Gasteiger partial charge in [-0.1, -0.05) is 12.1 Å². The molecule has 3 aromatic rings. The Morgan fingerprint density at radius 2 is 1.76 bits per heavy atom. The number of anilines is 1. The van der Waals surface area contributed by atoms with Gasteiger partial charge in [0.2, 0.25) is 0 Å². The van der Waals surface area contributed by atoms with Crippen LogP contribution in [-0.4, -0.2) is 44.2 Å². The van der Waals surface area contributed by atoms with Crippen LogP contribution in [0.1, 0.15) is 27.2 Å². The number of rotatable bonds is 10. The second kappa shape index (κ2) is 12.8. The lowest BCUT2D eigenvalue weighted by Crippen LogP contribution is -2.28. The first-order chi connectivity index (χ1) is 18.1. The van der Waals surface area contributed by atoms with E-state index >= 15 is 0 Å². The molecule has 2 aromatic carbocycles. The van der Waals surface area contributed by atoms with Crippen molar-refractivity contribution in [2.75, 3.05) is 32.6 Å². The molecule has 9 nitrogen and oxygen atoms in total. The van der Waals surface area contributed by atoms with Gasteiger partial charge in [0, 0.05) is 32.4 Å². The molecule has 0 saturated heterocycles. The molecule has 3 amide bonds. The topological polar surface area (TPSA) is 114 Å². The number of hydrogen-bond acceptors (Lipinski definition) is 6. The number of carbonyl (C=O) groups is 2. The number of benzene rings is 2. The number of nitrogens with one attached hydrogen (secondary N) is 4. The number of aryl methyl sites for hydroxylation is 1. The van der Waals surface area contributed by atoms with Gasteiger partial charge >= 0.3 is 12.2 Å². The number of alkyl halides is 3. The Kier molecular flexibility index (Phi) is 9.49. The van der Waals surface area contributed by atoms with Crippen molar-refractivity contribution in [3.63, 3.8) is 0 Å². The Bertz CT molecular complexity index is 1280. The lowest BCUT2D eigenvalue weighted by atomic mass is 10.1. The van der Waals surface area contributed by atoms with Crippen molar-refractivity contribution >= 4 is 17.6 Å². The fourth-order valence-corrected chi connectivity index (χ4v) is 3.33. The molecular formula is C26H28F3N5O4. The Morgan fingerprint density at radius 1 is 1.00 bits per heavy atom. The molecule has 12 heteroatoms. The highest BCUT2D eigenvalue weighted by Gasteiger charge is 2.31. The van der Waals surface area contributed by atoms with Crippen LogP contribution in [0.5, 0.6) is 17.2 Å². The lowest BCUT2D eigenvalue weighted by molar-refractivity contribution is -0.137. The molecule has 3 rings (SSSR count). The van der Waals surface area contributed by atoms with E-state index in [0.29, 0.717) is 18.0 Å². The zero-order chi connectivity index (χ0) is 27.7. The summed E-state index contributed by atoms with van der Waals surface area (Å²) in [6.07, 6.45) is -3.11. The second-order valence-corrected chi connectivity index (χ2v) is 8.13. The van der Waals surface area contributed by atoms with Crippen molar-refractivity contribution in [3.05, 3.63) is 77.1 Å². The third kappa shape index (κ3) is 7.84. The van der Waals surface area contributed by atoms with Gasteiger partial charge in [-0.15, -0.1) is 0 Å². The van der Waals surface area contributed by atoms with E-state index in [0.717, 1.165) is 23.3 Å². The molecule has 0 spiro atoms. The number of aromatic nitrogens is 1. The molecule has 4 N–H and O–H groups in total. The third-order valence-electron chi connectivity index (χ3n) is 5.28. The van der Waals surface area contributed by atoms with E-state index in [2.05, 4.69) is 26.3 Å². The van der Waals surface area contributed by atoms with E-state index < -0.39 is 17.8 Å². The van der Waals surface area contributed by atoms with E-state index in [9.17, 15) is 22.8 Å².